The summed E-state index contributed by atoms with van der Waals surface area (Å²) in [6.45, 7) is 10.6. The molecule has 0 saturated heterocycles. The van der Waals surface area contributed by atoms with Crippen molar-refractivity contribution in [1.29, 1.82) is 0 Å². The predicted octanol–water partition coefficient (Wildman–Crippen LogP) is 4.78. The molecule has 8 nitrogen and oxygen atoms in total. The van der Waals surface area contributed by atoms with E-state index in [-0.39, 0.29) is 29.5 Å². The van der Waals surface area contributed by atoms with Crippen molar-refractivity contribution >= 4 is 29.3 Å². The van der Waals surface area contributed by atoms with Gasteiger partial charge in [-0.25, -0.2) is 0 Å². The van der Waals surface area contributed by atoms with Gasteiger partial charge in [-0.1, -0.05) is 37.7 Å². The molecule has 0 radical (unpaired) electrons. The Kier molecular flexibility index (Phi) is 8.92. The molecule has 0 spiro atoms. The Morgan fingerprint density at radius 3 is 2.43 bits per heavy atom. The lowest BCUT2D eigenvalue weighted by molar-refractivity contribution is -0.113. The number of benzene rings is 2. The van der Waals surface area contributed by atoms with Crippen LogP contribution >= 0.6 is 11.8 Å². The van der Waals surface area contributed by atoms with Crippen LogP contribution in [0.2, 0.25) is 0 Å². The Morgan fingerprint density at radius 1 is 1.09 bits per heavy atom. The predicted molar refractivity (Wildman–Crippen MR) is 139 cm³/mol. The molecule has 2 aromatic carbocycles. The van der Waals surface area contributed by atoms with E-state index in [2.05, 4.69) is 20.8 Å². The van der Waals surface area contributed by atoms with Gasteiger partial charge >= 0.3 is 0 Å². The molecule has 0 unspecified atom stereocenters. The van der Waals surface area contributed by atoms with Gasteiger partial charge < -0.3 is 19.9 Å². The largest absolute Gasteiger partial charge is 0.497 e. The van der Waals surface area contributed by atoms with Gasteiger partial charge in [0.05, 0.1) is 18.9 Å². The van der Waals surface area contributed by atoms with E-state index in [9.17, 15) is 9.59 Å². The van der Waals surface area contributed by atoms with Crippen molar-refractivity contribution < 1.29 is 14.3 Å². The number of nitrogens with one attached hydrogen (secondary N) is 2. The van der Waals surface area contributed by atoms with E-state index < -0.39 is 0 Å². The third-order valence-corrected chi connectivity index (χ3v) is 6.61. The average Bonchev–Trinajstić information content (AvgIpc) is 3.25. The van der Waals surface area contributed by atoms with E-state index in [1.54, 1.807) is 31.4 Å². The van der Waals surface area contributed by atoms with E-state index in [1.165, 1.54) is 11.8 Å². The van der Waals surface area contributed by atoms with Crippen LogP contribution in [-0.4, -0.2) is 39.4 Å². The summed E-state index contributed by atoms with van der Waals surface area (Å²) in [6.07, 6.45) is 0. The minimum Gasteiger partial charge on any atom is -0.497 e. The van der Waals surface area contributed by atoms with Crippen molar-refractivity contribution in [1.82, 2.24) is 20.1 Å². The molecule has 35 heavy (non-hydrogen) atoms. The van der Waals surface area contributed by atoms with Crippen LogP contribution in [0.1, 0.15) is 54.1 Å². The molecule has 0 aliphatic heterocycles. The number of methoxy groups -OCH3 is 1. The van der Waals surface area contributed by atoms with Gasteiger partial charge in [0.1, 0.15) is 5.75 Å². The molecule has 0 fully saturated rings. The first-order chi connectivity index (χ1) is 16.7. The molecule has 0 aliphatic rings. The molecule has 3 rings (SSSR count). The average molecular weight is 496 g/mol. The smallest absolute Gasteiger partial charge is 0.251 e. The third kappa shape index (κ3) is 6.63. The highest BCUT2D eigenvalue weighted by atomic mass is 32.2. The first-order valence-corrected chi connectivity index (χ1v) is 12.6. The number of hydrogen-bond acceptors (Lipinski definition) is 6. The lowest BCUT2D eigenvalue weighted by atomic mass is 10.0. The van der Waals surface area contributed by atoms with Crippen molar-refractivity contribution in [3.63, 3.8) is 0 Å². The minimum atomic E-state index is -0.338. The molecule has 0 saturated carbocycles. The van der Waals surface area contributed by atoms with Crippen molar-refractivity contribution in [3.05, 3.63) is 65.0 Å². The molecule has 9 heteroatoms. The normalized spacial score (nSPS) is 11.9. The topological polar surface area (TPSA) is 98.1 Å². The second kappa shape index (κ2) is 11.9. The number of thioether (sulfide) groups is 1. The third-order valence-electron chi connectivity index (χ3n) is 5.64. The van der Waals surface area contributed by atoms with Gasteiger partial charge in [-0.05, 0) is 68.1 Å². The van der Waals surface area contributed by atoms with Crippen LogP contribution in [0.25, 0.3) is 0 Å². The second-order valence-corrected chi connectivity index (χ2v) is 9.61. The summed E-state index contributed by atoms with van der Waals surface area (Å²) >= 11 is 1.33. The number of anilines is 1. The summed E-state index contributed by atoms with van der Waals surface area (Å²) in [7, 11) is 1.59. The molecular formula is C26H33N5O3S. The van der Waals surface area contributed by atoms with E-state index in [1.807, 2.05) is 57.4 Å². The molecule has 0 bridgehead atoms. The summed E-state index contributed by atoms with van der Waals surface area (Å²) < 4.78 is 7.12. The van der Waals surface area contributed by atoms with E-state index in [0.29, 0.717) is 28.8 Å². The Hall–Kier alpha value is -3.33. The number of carbonyl (C=O) groups excluding carboxylic acids is 2. The number of hydrogen-bond donors (Lipinski definition) is 2. The lowest BCUT2D eigenvalue weighted by Gasteiger charge is -2.22. The SMILES string of the molecule is CCn1c(SCC(=O)Nc2cc(C)ccc2C)nnc1[C@@H](NC(=O)c1ccc(OC)cc1)C(C)C. The highest BCUT2D eigenvalue weighted by molar-refractivity contribution is 7.99. The standard InChI is InChI=1S/C26H33N5O3S/c1-7-31-24(23(16(2)3)28-25(33)19-10-12-20(34-6)13-11-19)29-30-26(31)35-15-22(32)27-21-14-17(4)8-9-18(21)5/h8-14,16,23H,7,15H2,1-6H3,(H,27,32)(H,28,33)/t23-/m0/s1. The quantitative estimate of drug-likeness (QED) is 0.393. The second-order valence-electron chi connectivity index (χ2n) is 8.66. The fraction of sp³-hybridized carbons (Fsp3) is 0.385. The molecule has 1 aromatic heterocycles. The fourth-order valence-electron chi connectivity index (χ4n) is 3.62. The van der Waals surface area contributed by atoms with Crippen LogP contribution < -0.4 is 15.4 Å². The maximum absolute atomic E-state index is 12.9. The number of carbonyl (C=O) groups is 2. The molecule has 3 aromatic rings. The molecular weight excluding hydrogens is 462 g/mol. The number of aromatic nitrogens is 3. The van der Waals surface area contributed by atoms with Crippen LogP contribution in [0.3, 0.4) is 0 Å². The van der Waals surface area contributed by atoms with E-state index in [0.717, 1.165) is 16.8 Å². The van der Waals surface area contributed by atoms with Crippen molar-refractivity contribution in [3.8, 4) is 5.75 Å². The summed E-state index contributed by atoms with van der Waals surface area (Å²) in [5, 5.41) is 15.4. The molecule has 2 N–H and O–H groups in total. The van der Waals surface area contributed by atoms with Crippen LogP contribution in [0.5, 0.6) is 5.75 Å². The zero-order valence-electron chi connectivity index (χ0n) is 21.1. The van der Waals surface area contributed by atoms with Crippen molar-refractivity contribution in [2.24, 2.45) is 5.92 Å². The molecule has 1 atom stereocenters. The molecule has 2 amide bonds. The first-order valence-electron chi connectivity index (χ1n) is 11.6. The zero-order valence-corrected chi connectivity index (χ0v) is 21.9. The maximum Gasteiger partial charge on any atom is 0.251 e. The van der Waals surface area contributed by atoms with Gasteiger partial charge in [0.2, 0.25) is 5.91 Å². The molecule has 0 aliphatic carbocycles. The van der Waals surface area contributed by atoms with E-state index >= 15 is 0 Å². The van der Waals surface area contributed by atoms with Crippen molar-refractivity contribution in [2.75, 3.05) is 18.2 Å². The molecule has 186 valence electrons. The summed E-state index contributed by atoms with van der Waals surface area (Å²) in [6, 6.07) is 12.6. The fourth-order valence-corrected chi connectivity index (χ4v) is 4.43. The number of rotatable bonds is 10. The van der Waals surface area contributed by atoms with Gasteiger partial charge in [-0.2, -0.15) is 0 Å². The molecule has 1 heterocycles. The van der Waals surface area contributed by atoms with Crippen LogP contribution in [-0.2, 0) is 11.3 Å². The Balaban J connectivity index is 1.71. The highest BCUT2D eigenvalue weighted by Gasteiger charge is 2.26. The number of amides is 2. The summed E-state index contributed by atoms with van der Waals surface area (Å²) in [4.78, 5) is 25.5. The summed E-state index contributed by atoms with van der Waals surface area (Å²) in [5.74, 6) is 1.34. The number of ether oxygens (including phenoxy) is 1. The number of nitrogens with zero attached hydrogens (tertiary/aromatic N) is 3. The number of aryl methyl sites for hydroxylation is 2. The minimum absolute atomic E-state index is 0.0807. The first kappa shape index (κ1) is 26.3. The Morgan fingerprint density at radius 2 is 1.80 bits per heavy atom. The maximum atomic E-state index is 12.9. The monoisotopic (exact) mass is 495 g/mol. The van der Waals surface area contributed by atoms with Gasteiger partial charge in [-0.3, -0.25) is 9.59 Å². The zero-order chi connectivity index (χ0) is 25.5. The Bertz CT molecular complexity index is 1170. The van der Waals surface area contributed by atoms with Gasteiger partial charge in [-0.15, -0.1) is 10.2 Å². The van der Waals surface area contributed by atoms with E-state index in [4.69, 9.17) is 4.74 Å². The van der Waals surface area contributed by atoms with Gasteiger partial charge in [0.15, 0.2) is 11.0 Å². The van der Waals surface area contributed by atoms with Crippen LogP contribution in [0, 0.1) is 19.8 Å². The van der Waals surface area contributed by atoms with Gasteiger partial charge in [0.25, 0.3) is 5.91 Å². The van der Waals surface area contributed by atoms with Crippen LogP contribution in [0.4, 0.5) is 5.69 Å². The lowest BCUT2D eigenvalue weighted by Crippen LogP contribution is -2.33. The highest BCUT2D eigenvalue weighted by Crippen LogP contribution is 2.26. The van der Waals surface area contributed by atoms with Crippen LogP contribution in [0.15, 0.2) is 47.6 Å². The summed E-state index contributed by atoms with van der Waals surface area (Å²) in [5.41, 5.74) is 3.46. The van der Waals surface area contributed by atoms with Gasteiger partial charge in [0, 0.05) is 17.8 Å². The van der Waals surface area contributed by atoms with Crippen molar-refractivity contribution in [2.45, 2.75) is 52.4 Å². The Labute approximate surface area is 210 Å².